The molecule has 1 fully saturated rings. The van der Waals surface area contributed by atoms with Crippen molar-refractivity contribution in [2.45, 2.75) is 100 Å². The Bertz CT molecular complexity index is 1750. The van der Waals surface area contributed by atoms with Crippen molar-refractivity contribution in [2.75, 3.05) is 34.5 Å². The van der Waals surface area contributed by atoms with Crippen LogP contribution >= 0.6 is 7.82 Å². The summed E-state index contributed by atoms with van der Waals surface area (Å²) in [5, 5.41) is 80.2. The first-order chi connectivity index (χ1) is 25.8. The molecule has 0 radical (unpaired) electrons. The number of hydrogen-bond acceptors (Lipinski definition) is 21. The van der Waals surface area contributed by atoms with Gasteiger partial charge in [0.2, 0.25) is 12.4 Å². The SMILES string of the molecule is C[C@@H]1Nc2nc(N)[nH]c(=O)c2N(C=O)C1[C@@H](C)Nc1ccc(C[C@H](O)[C@H](O)[C@H](O)CO[C@H]2O[C@H](COP(=O)([O-])O[C@@H](CCC(=O)[O-])C(=O)[O-])[C@@H](O)[C@H]2O)cc1. The summed E-state index contributed by atoms with van der Waals surface area (Å²) in [6, 6.07) is 5.38. The van der Waals surface area contributed by atoms with Crippen molar-refractivity contribution in [2.24, 2.45) is 0 Å². The van der Waals surface area contributed by atoms with Crippen molar-refractivity contribution in [3.63, 3.8) is 0 Å². The van der Waals surface area contributed by atoms with Gasteiger partial charge in [0.05, 0.1) is 31.3 Å². The van der Waals surface area contributed by atoms with E-state index >= 15 is 0 Å². The number of rotatable bonds is 20. The van der Waals surface area contributed by atoms with E-state index in [1.165, 1.54) is 4.90 Å². The number of carboxylic acids is 2. The van der Waals surface area contributed by atoms with E-state index < -0.39 is 112 Å². The Balaban J connectivity index is 1.25. The summed E-state index contributed by atoms with van der Waals surface area (Å²) in [7, 11) is -5.43. The maximum Gasteiger partial charge on any atom is 0.278 e. The molecule has 0 bridgehead atoms. The fourth-order valence-corrected chi connectivity index (χ4v) is 7.01. The number of H-pyrrole nitrogens is 1. The number of phosphoric ester groups is 1. The average Bonchev–Trinajstić information content (AvgIpc) is 3.38. The summed E-state index contributed by atoms with van der Waals surface area (Å²) in [6.07, 6.45) is -15.4. The Morgan fingerprint density at radius 3 is 2.45 bits per heavy atom. The highest BCUT2D eigenvalue weighted by Crippen LogP contribution is 2.41. The zero-order valence-electron chi connectivity index (χ0n) is 29.3. The van der Waals surface area contributed by atoms with Gasteiger partial charge in [0.1, 0.15) is 36.6 Å². The lowest BCUT2D eigenvalue weighted by atomic mass is 9.97. The molecule has 0 aliphatic carbocycles. The molecular weight excluding hydrogens is 759 g/mol. The first-order valence-corrected chi connectivity index (χ1v) is 18.2. The van der Waals surface area contributed by atoms with E-state index in [4.69, 9.17) is 15.2 Å². The number of carbonyl (C=O) groups is 3. The third-order valence-corrected chi connectivity index (χ3v) is 9.83. The number of benzene rings is 1. The van der Waals surface area contributed by atoms with Crippen LogP contribution in [0.4, 0.5) is 23.1 Å². The Morgan fingerprint density at radius 2 is 1.84 bits per heavy atom. The molecule has 3 heterocycles. The van der Waals surface area contributed by atoms with Crippen LogP contribution in [0, 0.1) is 0 Å². The van der Waals surface area contributed by atoms with Gasteiger partial charge in [-0.2, -0.15) is 4.98 Å². The van der Waals surface area contributed by atoms with E-state index in [-0.39, 0.29) is 29.9 Å². The Labute approximate surface area is 312 Å². The Kier molecular flexibility index (Phi) is 14.7. The minimum Gasteiger partial charge on any atom is -0.756 e. The van der Waals surface area contributed by atoms with E-state index in [2.05, 4.69) is 29.6 Å². The van der Waals surface area contributed by atoms with Gasteiger partial charge in [-0.1, -0.05) is 12.1 Å². The van der Waals surface area contributed by atoms with Crippen LogP contribution in [0.15, 0.2) is 29.1 Å². The summed E-state index contributed by atoms with van der Waals surface area (Å²) < 4.78 is 31.4. The molecule has 0 spiro atoms. The number of carboxylic acid groups (broad SMARTS) is 2. The fraction of sp³-hybridized carbons (Fsp3) is 0.581. The first kappa shape index (κ1) is 43.5. The number of anilines is 4. The summed E-state index contributed by atoms with van der Waals surface area (Å²) in [5.74, 6) is -3.64. The van der Waals surface area contributed by atoms with Crippen molar-refractivity contribution in [1.29, 1.82) is 0 Å². The van der Waals surface area contributed by atoms with Gasteiger partial charge in [-0.3, -0.25) is 24.0 Å². The molecule has 2 unspecified atom stereocenters. The van der Waals surface area contributed by atoms with Crippen LogP contribution in [0.1, 0.15) is 32.3 Å². The number of fused-ring (bicyclic) bond motifs is 1. The molecule has 1 aromatic carbocycles. The number of nitrogens with zero attached hydrogens (tertiary/aromatic N) is 2. The number of aromatic amines is 1. The molecule has 55 heavy (non-hydrogen) atoms. The van der Waals surface area contributed by atoms with E-state index in [9.17, 15) is 64.4 Å². The highest BCUT2D eigenvalue weighted by atomic mass is 31.2. The summed E-state index contributed by atoms with van der Waals surface area (Å²) in [5.41, 5.74) is 6.25. The second-order valence-electron chi connectivity index (χ2n) is 13.0. The van der Waals surface area contributed by atoms with Crippen molar-refractivity contribution < 1.29 is 78.1 Å². The second-order valence-corrected chi connectivity index (χ2v) is 14.3. The molecular formula is C31H42N6O17P-3. The molecule has 4 rings (SSSR count). The summed E-state index contributed by atoms with van der Waals surface area (Å²) >= 11 is 0. The molecule has 23 nitrogen and oxygen atoms in total. The number of hydrogen-bond donors (Lipinski definition) is 9. The topological polar surface area (TPSA) is 375 Å². The standard InChI is InChI=1S/C31H45N6O17P/c1-13(22-14(2)34-27-23(37(22)12-38)28(46)36-31(32)35-27)33-16-5-3-15(4-6-16)9-17(39)24(43)18(40)10-51-30-26(45)25(44)20(53-30)11-52-55(49,50)54-19(29(47)48)7-8-21(41)42/h3-6,12-14,17-20,22,24-26,30,33,39-40,43-45H,7-11H2,1-2H3,(H,41,42)(H,47,48)(H,49,50)(H4,32,34,35,36,46)/p-3/t13-,14+,17+,18-,19+,20-,22?,24+,25-,26-,30+/m1/s1. The number of aliphatic hydroxyl groups excluding tert-OH is 5. The van der Waals surface area contributed by atoms with Crippen LogP contribution in [0.3, 0.4) is 0 Å². The number of aromatic nitrogens is 2. The zero-order valence-corrected chi connectivity index (χ0v) is 30.2. The third-order valence-electron chi connectivity index (χ3n) is 8.85. The number of amides is 1. The predicted molar refractivity (Wildman–Crippen MR) is 180 cm³/mol. The normalized spacial score (nSPS) is 26.1. The maximum absolute atomic E-state index is 12.6. The number of phosphoric acid groups is 1. The van der Waals surface area contributed by atoms with Gasteiger partial charge in [-0.15, -0.1) is 0 Å². The number of aliphatic hydroxyl groups is 5. The van der Waals surface area contributed by atoms with E-state index in [0.717, 1.165) is 0 Å². The van der Waals surface area contributed by atoms with Crippen LogP contribution in [-0.2, 0) is 43.9 Å². The zero-order chi connectivity index (χ0) is 40.8. The second kappa shape index (κ2) is 18.6. The number of nitrogen functional groups attached to an aromatic ring is 1. The molecule has 12 atom stereocenters. The van der Waals surface area contributed by atoms with Gasteiger partial charge in [0, 0.05) is 30.2 Å². The van der Waals surface area contributed by atoms with Gasteiger partial charge >= 0.3 is 0 Å². The van der Waals surface area contributed by atoms with Crippen molar-refractivity contribution >= 4 is 49.3 Å². The quantitative estimate of drug-likeness (QED) is 0.0445. The summed E-state index contributed by atoms with van der Waals surface area (Å²) in [6.45, 7) is 1.89. The Morgan fingerprint density at radius 1 is 1.16 bits per heavy atom. The predicted octanol–water partition coefficient (Wildman–Crippen LogP) is -5.76. The van der Waals surface area contributed by atoms with E-state index in [1.807, 2.05) is 13.8 Å². The lowest BCUT2D eigenvalue weighted by Crippen LogP contribution is -2.58. The fourth-order valence-electron chi connectivity index (χ4n) is 6.11. The molecule has 1 saturated heterocycles. The van der Waals surface area contributed by atoms with Crippen LogP contribution in [-0.4, -0.2) is 134 Å². The highest BCUT2D eigenvalue weighted by molar-refractivity contribution is 7.45. The highest BCUT2D eigenvalue weighted by Gasteiger charge is 2.45. The lowest BCUT2D eigenvalue weighted by Gasteiger charge is -2.42. The molecule has 1 aromatic heterocycles. The number of nitrogens with one attached hydrogen (secondary N) is 3. The Hall–Kier alpha value is -4.26. The molecule has 2 aliphatic rings. The number of carbonyl (C=O) groups excluding carboxylic acids is 3. The minimum absolute atomic E-state index is 0.0262. The number of aliphatic carboxylic acids is 2. The van der Waals surface area contributed by atoms with Crippen LogP contribution in [0.5, 0.6) is 0 Å². The van der Waals surface area contributed by atoms with E-state index in [0.29, 0.717) is 17.7 Å². The molecule has 2 aliphatic heterocycles. The van der Waals surface area contributed by atoms with Gasteiger partial charge in [0.25, 0.3) is 13.4 Å². The maximum atomic E-state index is 12.6. The first-order valence-electron chi connectivity index (χ1n) is 16.8. The average molecular weight is 802 g/mol. The van der Waals surface area contributed by atoms with Crippen molar-refractivity contribution in [3.05, 3.63) is 40.2 Å². The molecule has 306 valence electrons. The van der Waals surface area contributed by atoms with Gasteiger partial charge < -0.3 is 85.1 Å². The molecule has 10 N–H and O–H groups in total. The monoisotopic (exact) mass is 801 g/mol. The van der Waals surface area contributed by atoms with Crippen molar-refractivity contribution in [1.82, 2.24) is 9.97 Å². The molecule has 2 aromatic rings. The number of nitrogens with two attached hydrogens (primary N) is 1. The van der Waals surface area contributed by atoms with Crippen LogP contribution in [0.25, 0.3) is 0 Å². The summed E-state index contributed by atoms with van der Waals surface area (Å²) in [4.78, 5) is 66.2. The van der Waals surface area contributed by atoms with E-state index in [1.54, 1.807) is 24.3 Å². The van der Waals surface area contributed by atoms with Crippen molar-refractivity contribution in [3.8, 4) is 0 Å². The third kappa shape index (κ3) is 11.2. The molecule has 1 amide bonds. The van der Waals surface area contributed by atoms with Gasteiger partial charge in [0.15, 0.2) is 17.8 Å². The number of ether oxygens (including phenoxy) is 2. The van der Waals surface area contributed by atoms with Crippen LogP contribution in [0.2, 0.25) is 0 Å². The van der Waals surface area contributed by atoms with Crippen LogP contribution < -0.4 is 41.9 Å². The largest absolute Gasteiger partial charge is 0.756 e. The molecule has 0 saturated carbocycles. The minimum atomic E-state index is -5.43. The van der Waals surface area contributed by atoms with Gasteiger partial charge in [-0.25, -0.2) is 0 Å². The smallest absolute Gasteiger partial charge is 0.278 e. The lowest BCUT2D eigenvalue weighted by molar-refractivity contribution is -0.319. The molecule has 24 heteroatoms. The van der Waals surface area contributed by atoms with Gasteiger partial charge in [-0.05, 0) is 44.4 Å².